The van der Waals surface area contributed by atoms with Gasteiger partial charge < -0.3 is 19.5 Å². The molecule has 25 heavy (non-hydrogen) atoms. The first-order valence-corrected chi connectivity index (χ1v) is 8.69. The molecule has 140 valence electrons. The molecule has 1 aromatic rings. The summed E-state index contributed by atoms with van der Waals surface area (Å²) < 4.78 is 15.8. The summed E-state index contributed by atoms with van der Waals surface area (Å²) in [6, 6.07) is 7.47. The molecule has 0 fully saturated rings. The van der Waals surface area contributed by atoms with E-state index in [4.69, 9.17) is 14.2 Å². The predicted molar refractivity (Wildman–Crippen MR) is 95.3 cm³/mol. The van der Waals surface area contributed by atoms with Crippen molar-refractivity contribution in [3.63, 3.8) is 0 Å². The lowest BCUT2D eigenvalue weighted by molar-refractivity contribution is -0.159. The Morgan fingerprint density at radius 2 is 1.96 bits per heavy atom. The lowest BCUT2D eigenvalue weighted by Gasteiger charge is -2.13. The third-order valence-corrected chi connectivity index (χ3v) is 3.44. The summed E-state index contributed by atoms with van der Waals surface area (Å²) in [4.78, 5) is 23.6. The summed E-state index contributed by atoms with van der Waals surface area (Å²) in [5.41, 5.74) is 0.913. The molecule has 0 spiro atoms. The van der Waals surface area contributed by atoms with Gasteiger partial charge in [0.25, 0.3) is 5.91 Å². The number of rotatable bonds is 11. The Labute approximate surface area is 149 Å². The van der Waals surface area contributed by atoms with Crippen LogP contribution in [0.25, 0.3) is 0 Å². The minimum Gasteiger partial charge on any atom is -0.494 e. The largest absolute Gasteiger partial charge is 0.494 e. The first kappa shape index (κ1) is 21.0. The standard InChI is InChI=1S/C19H29NO5/c1-5-23-17-8-6-7-16(11-17)12-20-18(21)13-25-19(22)15(4)24-10-9-14(2)3/h6-8,11,14-15H,5,9-10,12-13H2,1-4H3,(H,20,21). The Morgan fingerprint density at radius 1 is 1.20 bits per heavy atom. The van der Waals surface area contributed by atoms with Gasteiger partial charge >= 0.3 is 5.97 Å². The molecule has 1 aromatic carbocycles. The van der Waals surface area contributed by atoms with Crippen LogP contribution in [-0.2, 0) is 25.6 Å². The molecule has 1 atom stereocenters. The summed E-state index contributed by atoms with van der Waals surface area (Å²) in [5, 5.41) is 2.71. The summed E-state index contributed by atoms with van der Waals surface area (Å²) in [5.74, 6) is 0.380. The second-order valence-electron chi connectivity index (χ2n) is 6.16. The molecule has 0 aliphatic heterocycles. The van der Waals surface area contributed by atoms with Crippen molar-refractivity contribution < 1.29 is 23.8 Å². The topological polar surface area (TPSA) is 73.9 Å². The number of carbonyl (C=O) groups excluding carboxylic acids is 2. The van der Waals surface area contributed by atoms with E-state index >= 15 is 0 Å². The van der Waals surface area contributed by atoms with E-state index in [9.17, 15) is 9.59 Å². The van der Waals surface area contributed by atoms with Crippen molar-refractivity contribution in [3.8, 4) is 5.75 Å². The Kier molecular flexibility index (Phi) is 9.62. The van der Waals surface area contributed by atoms with Gasteiger partial charge in [-0.05, 0) is 43.9 Å². The molecule has 1 N–H and O–H groups in total. The Balaban J connectivity index is 2.27. The van der Waals surface area contributed by atoms with Crippen LogP contribution in [0.4, 0.5) is 0 Å². The molecular formula is C19H29NO5. The fraction of sp³-hybridized carbons (Fsp3) is 0.579. The van der Waals surface area contributed by atoms with Gasteiger partial charge in [-0.3, -0.25) is 4.79 Å². The van der Waals surface area contributed by atoms with Gasteiger partial charge in [-0.15, -0.1) is 0 Å². The number of benzene rings is 1. The van der Waals surface area contributed by atoms with Gasteiger partial charge in [0.05, 0.1) is 6.61 Å². The van der Waals surface area contributed by atoms with Crippen molar-refractivity contribution >= 4 is 11.9 Å². The highest BCUT2D eigenvalue weighted by Gasteiger charge is 2.16. The highest BCUT2D eigenvalue weighted by molar-refractivity contribution is 5.81. The van der Waals surface area contributed by atoms with Crippen LogP contribution in [0.3, 0.4) is 0 Å². The molecular weight excluding hydrogens is 322 g/mol. The van der Waals surface area contributed by atoms with E-state index in [-0.39, 0.29) is 12.5 Å². The third kappa shape index (κ3) is 9.10. The van der Waals surface area contributed by atoms with Crippen LogP contribution in [0, 0.1) is 5.92 Å². The minimum atomic E-state index is -0.672. The van der Waals surface area contributed by atoms with E-state index < -0.39 is 12.1 Å². The summed E-state index contributed by atoms with van der Waals surface area (Å²) in [7, 11) is 0. The van der Waals surface area contributed by atoms with Gasteiger partial charge in [0.2, 0.25) is 0 Å². The predicted octanol–water partition coefficient (Wildman–Crippen LogP) is 2.70. The van der Waals surface area contributed by atoms with Crippen molar-refractivity contribution in [1.82, 2.24) is 5.32 Å². The number of hydrogen-bond acceptors (Lipinski definition) is 5. The summed E-state index contributed by atoms with van der Waals surface area (Å²) in [6.07, 6.45) is 0.202. The quantitative estimate of drug-likeness (QED) is 0.621. The molecule has 0 aliphatic rings. The summed E-state index contributed by atoms with van der Waals surface area (Å²) >= 11 is 0. The Morgan fingerprint density at radius 3 is 2.64 bits per heavy atom. The van der Waals surface area contributed by atoms with Gasteiger partial charge in [-0.25, -0.2) is 4.79 Å². The third-order valence-electron chi connectivity index (χ3n) is 3.44. The van der Waals surface area contributed by atoms with E-state index in [0.717, 1.165) is 17.7 Å². The van der Waals surface area contributed by atoms with Crippen LogP contribution in [0.15, 0.2) is 24.3 Å². The second kappa shape index (κ2) is 11.5. The van der Waals surface area contributed by atoms with Crippen LogP contribution in [0.1, 0.15) is 39.7 Å². The molecule has 0 aliphatic carbocycles. The SMILES string of the molecule is CCOc1cccc(CNC(=O)COC(=O)C(C)OCCC(C)C)c1. The second-order valence-corrected chi connectivity index (χ2v) is 6.16. The molecule has 0 aromatic heterocycles. The maximum absolute atomic E-state index is 11.8. The number of ether oxygens (including phenoxy) is 3. The lowest BCUT2D eigenvalue weighted by atomic mass is 10.1. The van der Waals surface area contributed by atoms with Crippen molar-refractivity contribution in [2.75, 3.05) is 19.8 Å². The smallest absolute Gasteiger partial charge is 0.335 e. The van der Waals surface area contributed by atoms with Crippen LogP contribution < -0.4 is 10.1 Å². The van der Waals surface area contributed by atoms with E-state index in [1.54, 1.807) is 6.92 Å². The first-order valence-electron chi connectivity index (χ1n) is 8.69. The molecule has 1 rings (SSSR count). The minimum absolute atomic E-state index is 0.318. The Bertz CT molecular complexity index is 544. The van der Waals surface area contributed by atoms with Crippen molar-refractivity contribution in [1.29, 1.82) is 0 Å². The number of nitrogens with one attached hydrogen (secondary N) is 1. The van der Waals surface area contributed by atoms with Crippen LogP contribution in [0.2, 0.25) is 0 Å². The molecule has 0 saturated carbocycles. The zero-order valence-corrected chi connectivity index (χ0v) is 15.5. The number of hydrogen-bond donors (Lipinski definition) is 1. The van der Waals surface area contributed by atoms with E-state index in [0.29, 0.717) is 25.7 Å². The molecule has 6 heteroatoms. The molecule has 1 unspecified atom stereocenters. The van der Waals surface area contributed by atoms with Crippen LogP contribution in [0.5, 0.6) is 5.75 Å². The molecule has 0 bridgehead atoms. The maximum atomic E-state index is 11.8. The molecule has 6 nitrogen and oxygen atoms in total. The maximum Gasteiger partial charge on any atom is 0.335 e. The average Bonchev–Trinajstić information content (AvgIpc) is 2.58. The monoisotopic (exact) mass is 351 g/mol. The molecule has 1 amide bonds. The number of esters is 1. The average molecular weight is 351 g/mol. The molecule has 0 heterocycles. The fourth-order valence-electron chi connectivity index (χ4n) is 1.97. The van der Waals surface area contributed by atoms with Gasteiger partial charge in [0, 0.05) is 13.2 Å². The molecule has 0 saturated heterocycles. The van der Waals surface area contributed by atoms with Gasteiger partial charge in [0.15, 0.2) is 12.7 Å². The van der Waals surface area contributed by atoms with Gasteiger partial charge in [0.1, 0.15) is 5.75 Å². The molecule has 0 radical (unpaired) electrons. The van der Waals surface area contributed by atoms with E-state index in [2.05, 4.69) is 19.2 Å². The zero-order chi connectivity index (χ0) is 18.7. The van der Waals surface area contributed by atoms with Gasteiger partial charge in [-0.1, -0.05) is 26.0 Å². The number of amides is 1. The van der Waals surface area contributed by atoms with Crippen molar-refractivity contribution in [2.24, 2.45) is 5.92 Å². The highest BCUT2D eigenvalue weighted by atomic mass is 16.6. The zero-order valence-electron chi connectivity index (χ0n) is 15.5. The normalized spacial score (nSPS) is 11.9. The fourth-order valence-corrected chi connectivity index (χ4v) is 1.97. The Hall–Kier alpha value is -2.08. The summed E-state index contributed by atoms with van der Waals surface area (Å²) in [6.45, 7) is 8.82. The van der Waals surface area contributed by atoms with E-state index in [1.807, 2.05) is 31.2 Å². The lowest BCUT2D eigenvalue weighted by Crippen LogP contribution is -2.31. The van der Waals surface area contributed by atoms with E-state index in [1.165, 1.54) is 0 Å². The van der Waals surface area contributed by atoms with Crippen LogP contribution in [-0.4, -0.2) is 37.8 Å². The highest BCUT2D eigenvalue weighted by Crippen LogP contribution is 2.12. The van der Waals surface area contributed by atoms with Crippen LogP contribution >= 0.6 is 0 Å². The first-order chi connectivity index (χ1) is 11.9. The van der Waals surface area contributed by atoms with Crippen molar-refractivity contribution in [3.05, 3.63) is 29.8 Å². The van der Waals surface area contributed by atoms with Gasteiger partial charge in [-0.2, -0.15) is 0 Å². The van der Waals surface area contributed by atoms with Crippen molar-refractivity contribution in [2.45, 2.75) is 46.8 Å². The number of carbonyl (C=O) groups is 2.